The van der Waals surface area contributed by atoms with Crippen LogP contribution in [0.15, 0.2) is 29.2 Å². The summed E-state index contributed by atoms with van der Waals surface area (Å²) in [6.07, 6.45) is 0.634. The summed E-state index contributed by atoms with van der Waals surface area (Å²) >= 11 is 1.54. The van der Waals surface area contributed by atoms with Crippen LogP contribution in [0.4, 0.5) is 0 Å². The third kappa shape index (κ3) is 2.94. The molecule has 0 aromatic heterocycles. The van der Waals surface area contributed by atoms with Gasteiger partial charge in [-0.3, -0.25) is 10.1 Å². The Morgan fingerprint density at radius 3 is 2.38 bits per heavy atom. The van der Waals surface area contributed by atoms with Crippen LogP contribution in [0.25, 0.3) is 0 Å². The predicted molar refractivity (Wildman–Crippen MR) is 61.1 cm³/mol. The van der Waals surface area contributed by atoms with E-state index >= 15 is 0 Å². The monoisotopic (exact) mass is 243 g/mol. The lowest BCUT2D eigenvalue weighted by Gasteiger charge is -2.14. The van der Waals surface area contributed by atoms with Gasteiger partial charge in [-0.05, 0) is 24.0 Å². The van der Waals surface area contributed by atoms with E-state index in [-0.39, 0.29) is 0 Å². The van der Waals surface area contributed by atoms with Crippen molar-refractivity contribution >= 4 is 11.8 Å². The Balaban J connectivity index is 2.86. The van der Waals surface area contributed by atoms with E-state index < -0.39 is 23.7 Å². The molecule has 0 saturated carbocycles. The van der Waals surface area contributed by atoms with Crippen LogP contribution < -0.4 is 0 Å². The minimum absolute atomic E-state index is 0.438. The average molecular weight is 243 g/mol. The average Bonchev–Trinajstić information content (AvgIpc) is 2.29. The second-order valence-corrected chi connectivity index (χ2v) is 4.13. The van der Waals surface area contributed by atoms with E-state index in [1.807, 2.05) is 6.26 Å². The minimum Gasteiger partial charge on any atom is -0.389 e. The molecule has 1 aromatic rings. The van der Waals surface area contributed by atoms with E-state index in [1.165, 1.54) is 0 Å². The van der Waals surface area contributed by atoms with E-state index in [4.69, 9.17) is 5.11 Å². The molecule has 0 aliphatic heterocycles. The quantitative estimate of drug-likeness (QED) is 0.459. The van der Waals surface area contributed by atoms with Crippen molar-refractivity contribution in [2.45, 2.75) is 17.0 Å². The zero-order valence-corrected chi connectivity index (χ0v) is 9.55. The van der Waals surface area contributed by atoms with Gasteiger partial charge >= 0.3 is 0 Å². The molecule has 0 bridgehead atoms. The Hall–Kier alpha value is -1.11. The molecule has 6 heteroatoms. The highest BCUT2D eigenvalue weighted by Gasteiger charge is 2.30. The van der Waals surface area contributed by atoms with Gasteiger partial charge in [0.15, 0.2) is 0 Å². The summed E-state index contributed by atoms with van der Waals surface area (Å²) in [6, 6.07) is 5.43. The summed E-state index contributed by atoms with van der Waals surface area (Å²) in [6.45, 7) is -0.682. The van der Waals surface area contributed by atoms with Crippen LogP contribution in [0, 0.1) is 10.1 Å². The fraction of sp³-hybridized carbons (Fsp3) is 0.400. The molecular formula is C10H13NO4S. The molecule has 2 atom stereocenters. The van der Waals surface area contributed by atoms with Gasteiger partial charge in [-0.15, -0.1) is 11.8 Å². The van der Waals surface area contributed by atoms with E-state index in [2.05, 4.69) is 0 Å². The first-order chi connectivity index (χ1) is 7.60. The molecule has 16 heavy (non-hydrogen) atoms. The van der Waals surface area contributed by atoms with Gasteiger partial charge in [0.1, 0.15) is 12.7 Å². The molecule has 0 aliphatic rings. The SMILES string of the molecule is CSc1ccc(C(O)C(CO)[N+](=O)[O-])cc1. The van der Waals surface area contributed by atoms with Gasteiger partial charge in [0.25, 0.3) is 6.04 Å². The molecular weight excluding hydrogens is 230 g/mol. The molecule has 0 aliphatic carbocycles. The molecule has 0 spiro atoms. The van der Waals surface area contributed by atoms with Crippen LogP contribution in [0.5, 0.6) is 0 Å². The van der Waals surface area contributed by atoms with E-state index in [9.17, 15) is 15.2 Å². The summed E-state index contributed by atoms with van der Waals surface area (Å²) in [5, 5.41) is 29.1. The van der Waals surface area contributed by atoms with Crippen molar-refractivity contribution < 1.29 is 15.1 Å². The maximum atomic E-state index is 10.5. The first-order valence-corrected chi connectivity index (χ1v) is 5.89. The zero-order valence-electron chi connectivity index (χ0n) is 8.74. The second kappa shape index (κ2) is 5.83. The topological polar surface area (TPSA) is 83.6 Å². The Labute approximate surface area is 97.3 Å². The van der Waals surface area contributed by atoms with Crippen molar-refractivity contribution in [3.05, 3.63) is 39.9 Å². The smallest absolute Gasteiger partial charge is 0.265 e. The molecule has 0 amide bonds. The minimum atomic E-state index is -1.37. The highest BCUT2D eigenvalue weighted by molar-refractivity contribution is 7.98. The van der Waals surface area contributed by atoms with Crippen LogP contribution in [-0.2, 0) is 0 Å². The third-order valence-electron chi connectivity index (χ3n) is 2.28. The van der Waals surface area contributed by atoms with Gasteiger partial charge in [0.2, 0.25) is 0 Å². The molecule has 88 valence electrons. The largest absolute Gasteiger partial charge is 0.389 e. The Bertz CT molecular complexity index is 354. The van der Waals surface area contributed by atoms with Crippen molar-refractivity contribution in [3.8, 4) is 0 Å². The highest BCUT2D eigenvalue weighted by Crippen LogP contribution is 2.22. The summed E-state index contributed by atoms with van der Waals surface area (Å²) in [4.78, 5) is 10.9. The number of nitro groups is 1. The van der Waals surface area contributed by atoms with Crippen molar-refractivity contribution in [2.75, 3.05) is 12.9 Å². The third-order valence-corrected chi connectivity index (χ3v) is 3.02. The van der Waals surface area contributed by atoms with Gasteiger partial charge in [-0.1, -0.05) is 12.1 Å². The van der Waals surface area contributed by atoms with Crippen LogP contribution in [0.3, 0.4) is 0 Å². The summed E-state index contributed by atoms with van der Waals surface area (Å²) in [7, 11) is 0. The molecule has 0 heterocycles. The van der Waals surface area contributed by atoms with Crippen LogP contribution >= 0.6 is 11.8 Å². The predicted octanol–water partition coefficient (Wildman–Crippen LogP) is 1.08. The van der Waals surface area contributed by atoms with Gasteiger partial charge < -0.3 is 10.2 Å². The van der Waals surface area contributed by atoms with Crippen molar-refractivity contribution in [1.29, 1.82) is 0 Å². The number of rotatable bonds is 5. The van der Waals surface area contributed by atoms with Crippen LogP contribution in [-0.4, -0.2) is 34.0 Å². The molecule has 1 aromatic carbocycles. The fourth-order valence-corrected chi connectivity index (χ4v) is 1.71. The van der Waals surface area contributed by atoms with E-state index in [0.29, 0.717) is 5.56 Å². The Morgan fingerprint density at radius 2 is 2.00 bits per heavy atom. The molecule has 2 unspecified atom stereocenters. The first-order valence-electron chi connectivity index (χ1n) is 4.66. The number of nitrogens with zero attached hydrogens (tertiary/aromatic N) is 1. The second-order valence-electron chi connectivity index (χ2n) is 3.25. The molecule has 0 radical (unpaired) electrons. The van der Waals surface area contributed by atoms with Gasteiger partial charge in [0, 0.05) is 9.82 Å². The first kappa shape index (κ1) is 13.0. The fourth-order valence-electron chi connectivity index (χ4n) is 1.31. The number of aliphatic hydroxyl groups excluding tert-OH is 2. The number of thioether (sulfide) groups is 1. The molecule has 5 nitrogen and oxygen atoms in total. The molecule has 0 fully saturated rings. The maximum Gasteiger partial charge on any atom is 0.265 e. The van der Waals surface area contributed by atoms with E-state index in [0.717, 1.165) is 4.90 Å². The number of benzene rings is 1. The normalized spacial score (nSPS) is 14.4. The van der Waals surface area contributed by atoms with E-state index in [1.54, 1.807) is 36.0 Å². The van der Waals surface area contributed by atoms with Crippen molar-refractivity contribution in [1.82, 2.24) is 0 Å². The number of aliphatic hydroxyl groups is 2. The van der Waals surface area contributed by atoms with Gasteiger partial charge in [-0.25, -0.2) is 0 Å². The summed E-state index contributed by atoms with van der Waals surface area (Å²) in [5.41, 5.74) is 0.438. The number of hydrogen-bond donors (Lipinski definition) is 2. The lowest BCUT2D eigenvalue weighted by molar-refractivity contribution is -0.539. The summed E-state index contributed by atoms with van der Waals surface area (Å²) in [5.74, 6) is 0. The van der Waals surface area contributed by atoms with Gasteiger partial charge in [0.05, 0.1) is 0 Å². The number of hydrogen-bond acceptors (Lipinski definition) is 5. The highest BCUT2D eigenvalue weighted by atomic mass is 32.2. The molecule has 0 saturated heterocycles. The lowest BCUT2D eigenvalue weighted by Crippen LogP contribution is -2.31. The molecule has 1 rings (SSSR count). The van der Waals surface area contributed by atoms with Crippen molar-refractivity contribution in [3.63, 3.8) is 0 Å². The van der Waals surface area contributed by atoms with Crippen LogP contribution in [0.1, 0.15) is 11.7 Å². The Morgan fingerprint density at radius 1 is 1.44 bits per heavy atom. The standard InChI is InChI=1S/C10H13NO4S/c1-16-8-4-2-7(3-5-8)10(13)9(6-12)11(14)15/h2-5,9-10,12-13H,6H2,1H3. The van der Waals surface area contributed by atoms with Gasteiger partial charge in [-0.2, -0.15) is 0 Å². The Kier molecular flexibility index (Phi) is 4.72. The van der Waals surface area contributed by atoms with Crippen LogP contribution in [0.2, 0.25) is 0 Å². The maximum absolute atomic E-state index is 10.5. The lowest BCUT2D eigenvalue weighted by atomic mass is 10.0. The zero-order chi connectivity index (χ0) is 12.1. The molecule has 2 N–H and O–H groups in total. The summed E-state index contributed by atoms with van der Waals surface area (Å²) < 4.78 is 0. The van der Waals surface area contributed by atoms with Crippen molar-refractivity contribution in [2.24, 2.45) is 0 Å².